The maximum absolute atomic E-state index is 11.9. The molecule has 0 aromatic heterocycles. The quantitative estimate of drug-likeness (QED) is 0.845. The van der Waals surface area contributed by atoms with Crippen LogP contribution in [0.4, 0.5) is 4.79 Å². The van der Waals surface area contributed by atoms with Gasteiger partial charge in [-0.1, -0.05) is 0 Å². The fraction of sp³-hybridized carbons (Fsp3) is 0.929. The monoisotopic (exact) mass is 257 g/mol. The van der Waals surface area contributed by atoms with E-state index < -0.39 is 5.60 Å². The first-order valence-corrected chi connectivity index (χ1v) is 6.94. The largest absolute Gasteiger partial charge is 0.444 e. The lowest BCUT2D eigenvalue weighted by molar-refractivity contribution is 0.0175. The van der Waals surface area contributed by atoms with E-state index in [0.717, 1.165) is 38.8 Å². The molecule has 0 aliphatic carbocycles. The average molecular weight is 257 g/mol. The predicted octanol–water partition coefficient (Wildman–Crippen LogP) is 2.79. The first-order valence-electron chi connectivity index (χ1n) is 6.94. The second kappa shape index (κ2) is 6.41. The number of nitrogens with zero attached hydrogens (tertiary/aromatic N) is 1. The van der Waals surface area contributed by atoms with Crippen LogP contribution in [0.25, 0.3) is 0 Å². The van der Waals surface area contributed by atoms with E-state index in [1.54, 1.807) is 4.90 Å². The van der Waals surface area contributed by atoms with Crippen molar-refractivity contribution < 1.29 is 14.6 Å². The third kappa shape index (κ3) is 5.71. The molecule has 0 aromatic carbocycles. The van der Waals surface area contributed by atoms with Gasteiger partial charge >= 0.3 is 6.09 Å². The molecule has 18 heavy (non-hydrogen) atoms. The van der Waals surface area contributed by atoms with E-state index in [2.05, 4.69) is 0 Å². The summed E-state index contributed by atoms with van der Waals surface area (Å²) in [7, 11) is 0. The Morgan fingerprint density at radius 3 is 2.39 bits per heavy atom. The summed E-state index contributed by atoms with van der Waals surface area (Å²) in [6, 6.07) is 0. The van der Waals surface area contributed by atoms with Crippen LogP contribution in [0.3, 0.4) is 0 Å². The highest BCUT2D eigenvalue weighted by Gasteiger charge is 2.26. The number of hydrogen-bond acceptors (Lipinski definition) is 3. The third-order valence-corrected chi connectivity index (χ3v) is 3.26. The zero-order valence-electron chi connectivity index (χ0n) is 12.1. The van der Waals surface area contributed by atoms with E-state index in [0.29, 0.717) is 5.92 Å². The topological polar surface area (TPSA) is 49.8 Å². The molecule has 1 saturated heterocycles. The smallest absolute Gasteiger partial charge is 0.410 e. The first kappa shape index (κ1) is 15.3. The molecule has 1 heterocycles. The van der Waals surface area contributed by atoms with E-state index in [1.807, 2.05) is 27.7 Å². The van der Waals surface area contributed by atoms with Crippen molar-refractivity contribution in [3.05, 3.63) is 0 Å². The van der Waals surface area contributed by atoms with Crippen LogP contribution in [-0.4, -0.2) is 40.9 Å². The van der Waals surface area contributed by atoms with Gasteiger partial charge in [0, 0.05) is 13.1 Å². The van der Waals surface area contributed by atoms with Crippen molar-refractivity contribution in [3.8, 4) is 0 Å². The summed E-state index contributed by atoms with van der Waals surface area (Å²) in [5.74, 6) is 0.637. The summed E-state index contributed by atoms with van der Waals surface area (Å²) in [4.78, 5) is 13.6. The van der Waals surface area contributed by atoms with Crippen molar-refractivity contribution in [2.24, 2.45) is 5.92 Å². The fourth-order valence-electron chi connectivity index (χ4n) is 2.21. The Bertz CT molecular complexity index is 263. The lowest BCUT2D eigenvalue weighted by Crippen LogP contribution is -2.41. The van der Waals surface area contributed by atoms with E-state index >= 15 is 0 Å². The Kier molecular flexibility index (Phi) is 5.45. The molecule has 0 radical (unpaired) electrons. The molecular weight excluding hydrogens is 230 g/mol. The van der Waals surface area contributed by atoms with Crippen molar-refractivity contribution in [2.75, 3.05) is 13.1 Å². The molecule has 1 N–H and O–H groups in total. The summed E-state index contributed by atoms with van der Waals surface area (Å²) in [6.45, 7) is 9.05. The lowest BCUT2D eigenvalue weighted by Gasteiger charge is -2.33. The molecule has 1 aliphatic heterocycles. The van der Waals surface area contributed by atoms with E-state index in [4.69, 9.17) is 4.74 Å². The number of rotatable bonds is 3. The van der Waals surface area contributed by atoms with Crippen molar-refractivity contribution in [2.45, 2.75) is 65.1 Å². The van der Waals surface area contributed by atoms with Gasteiger partial charge in [0.1, 0.15) is 5.60 Å². The van der Waals surface area contributed by atoms with Crippen LogP contribution >= 0.6 is 0 Å². The number of likely N-dealkylation sites (tertiary alicyclic amines) is 1. The Morgan fingerprint density at radius 1 is 1.39 bits per heavy atom. The molecule has 0 bridgehead atoms. The molecule has 0 aromatic rings. The molecule has 1 amide bonds. The molecular formula is C14H27NO3. The van der Waals surface area contributed by atoms with Crippen LogP contribution in [0.5, 0.6) is 0 Å². The highest BCUT2D eigenvalue weighted by atomic mass is 16.6. The minimum absolute atomic E-state index is 0.198. The Hall–Kier alpha value is -0.770. The van der Waals surface area contributed by atoms with Crippen molar-refractivity contribution in [1.29, 1.82) is 0 Å². The molecule has 106 valence electrons. The molecule has 1 aliphatic rings. The highest BCUT2D eigenvalue weighted by molar-refractivity contribution is 5.68. The van der Waals surface area contributed by atoms with E-state index in [-0.39, 0.29) is 12.2 Å². The summed E-state index contributed by atoms with van der Waals surface area (Å²) >= 11 is 0. The van der Waals surface area contributed by atoms with Gasteiger partial charge in [0.15, 0.2) is 0 Å². The van der Waals surface area contributed by atoms with Gasteiger partial charge < -0.3 is 14.7 Å². The minimum Gasteiger partial charge on any atom is -0.444 e. The standard InChI is InChI=1S/C14H27NO3/c1-11(16)5-6-12-7-9-15(10-8-12)13(17)18-14(2,3)4/h11-12,16H,5-10H2,1-4H3/t11-/m0/s1. The Morgan fingerprint density at radius 2 is 1.94 bits per heavy atom. The molecule has 4 heteroatoms. The number of aliphatic hydroxyl groups excluding tert-OH is 1. The van der Waals surface area contributed by atoms with Crippen LogP contribution in [0, 0.1) is 5.92 Å². The number of amides is 1. The number of carbonyl (C=O) groups is 1. The Labute approximate surface area is 110 Å². The second-order valence-electron chi connectivity index (χ2n) is 6.34. The fourth-order valence-corrected chi connectivity index (χ4v) is 2.21. The van der Waals surface area contributed by atoms with E-state index in [9.17, 15) is 9.90 Å². The van der Waals surface area contributed by atoms with Gasteiger partial charge in [-0.2, -0.15) is 0 Å². The molecule has 1 atom stereocenters. The molecule has 1 fully saturated rings. The number of ether oxygens (including phenoxy) is 1. The van der Waals surface area contributed by atoms with E-state index in [1.165, 1.54) is 0 Å². The molecule has 0 spiro atoms. The minimum atomic E-state index is -0.416. The normalized spacial score (nSPS) is 19.7. The summed E-state index contributed by atoms with van der Waals surface area (Å²) in [5, 5.41) is 9.27. The number of aliphatic hydroxyl groups is 1. The van der Waals surface area contributed by atoms with Gasteiger partial charge in [0.05, 0.1) is 6.10 Å². The number of hydrogen-bond donors (Lipinski definition) is 1. The van der Waals surface area contributed by atoms with Crippen molar-refractivity contribution in [1.82, 2.24) is 4.90 Å². The van der Waals surface area contributed by atoms with Crippen LogP contribution in [0.1, 0.15) is 53.4 Å². The molecule has 4 nitrogen and oxygen atoms in total. The Balaban J connectivity index is 2.28. The SMILES string of the molecule is C[C@H](O)CCC1CCN(C(=O)OC(C)(C)C)CC1. The van der Waals surface area contributed by atoms with Gasteiger partial charge in [0.25, 0.3) is 0 Å². The molecule has 0 saturated carbocycles. The third-order valence-electron chi connectivity index (χ3n) is 3.26. The summed E-state index contributed by atoms with van der Waals surface area (Å²) < 4.78 is 5.36. The summed E-state index contributed by atoms with van der Waals surface area (Å²) in [6.07, 6.45) is 3.54. The van der Waals surface area contributed by atoms with Crippen LogP contribution in [0.15, 0.2) is 0 Å². The van der Waals surface area contributed by atoms with Gasteiger partial charge in [0.2, 0.25) is 0 Å². The lowest BCUT2D eigenvalue weighted by atomic mass is 9.91. The zero-order chi connectivity index (χ0) is 13.8. The van der Waals surface area contributed by atoms with Crippen molar-refractivity contribution in [3.63, 3.8) is 0 Å². The summed E-state index contributed by atoms with van der Waals surface area (Å²) in [5.41, 5.74) is -0.416. The maximum atomic E-state index is 11.9. The number of carbonyl (C=O) groups excluding carboxylic acids is 1. The molecule has 1 rings (SSSR count). The van der Waals surface area contributed by atoms with Crippen LogP contribution in [-0.2, 0) is 4.74 Å². The van der Waals surface area contributed by atoms with Crippen molar-refractivity contribution >= 4 is 6.09 Å². The average Bonchev–Trinajstić information content (AvgIpc) is 2.24. The molecule has 0 unspecified atom stereocenters. The van der Waals surface area contributed by atoms with Crippen LogP contribution in [0.2, 0.25) is 0 Å². The van der Waals surface area contributed by atoms with Gasteiger partial charge in [-0.3, -0.25) is 0 Å². The maximum Gasteiger partial charge on any atom is 0.410 e. The second-order valence-corrected chi connectivity index (χ2v) is 6.34. The first-order chi connectivity index (χ1) is 8.28. The predicted molar refractivity (Wildman–Crippen MR) is 71.4 cm³/mol. The highest BCUT2D eigenvalue weighted by Crippen LogP contribution is 2.23. The number of piperidine rings is 1. The van der Waals surface area contributed by atoms with Gasteiger partial charge in [-0.15, -0.1) is 0 Å². The van der Waals surface area contributed by atoms with Gasteiger partial charge in [-0.25, -0.2) is 4.79 Å². The van der Waals surface area contributed by atoms with Gasteiger partial charge in [-0.05, 0) is 59.3 Å². The van der Waals surface area contributed by atoms with Crippen LogP contribution < -0.4 is 0 Å². The zero-order valence-corrected chi connectivity index (χ0v) is 12.1.